The second-order valence-corrected chi connectivity index (χ2v) is 3.08. The molecule has 0 radical (unpaired) electrons. The second-order valence-electron chi connectivity index (χ2n) is 3.08. The maximum absolute atomic E-state index is 3.91. The summed E-state index contributed by atoms with van der Waals surface area (Å²) in [6, 6.07) is 0.636. The fraction of sp³-hybridized carbons (Fsp3) is 1.00. The molecule has 0 unspecified atom stereocenters. The Bertz CT molecular complexity index is 40.3. The Balaban J connectivity index is 2.93. The van der Waals surface area contributed by atoms with Gasteiger partial charge in [0.15, 0.2) is 0 Å². The Kier molecular flexibility index (Phi) is 3.88. The molecule has 0 aromatic heterocycles. The molecule has 1 heteroatoms. The summed E-state index contributed by atoms with van der Waals surface area (Å²) in [5.74, 6) is 0.846. The van der Waals surface area contributed by atoms with Crippen molar-refractivity contribution in [2.45, 2.75) is 39.7 Å². The average molecular weight is 116 g/mol. The number of quaternary nitrogens is 1. The van der Waals surface area contributed by atoms with Gasteiger partial charge >= 0.3 is 0 Å². The zero-order chi connectivity index (χ0) is 6.57. The fourth-order valence-corrected chi connectivity index (χ4v) is 0.618. The van der Waals surface area contributed by atoms with E-state index in [-0.39, 0.29) is 0 Å². The van der Waals surface area contributed by atoms with Gasteiger partial charge < -0.3 is 5.73 Å². The van der Waals surface area contributed by atoms with Gasteiger partial charge in [-0.1, -0.05) is 13.8 Å². The highest BCUT2D eigenvalue weighted by Gasteiger charge is 1.98. The van der Waals surface area contributed by atoms with Crippen molar-refractivity contribution in [2.75, 3.05) is 0 Å². The van der Waals surface area contributed by atoms with Gasteiger partial charge in [-0.25, -0.2) is 0 Å². The fourth-order valence-electron chi connectivity index (χ4n) is 0.618. The molecular weight excluding hydrogens is 98.1 g/mol. The van der Waals surface area contributed by atoms with Gasteiger partial charge in [-0.3, -0.25) is 0 Å². The molecule has 3 N–H and O–H groups in total. The second kappa shape index (κ2) is 3.90. The molecule has 0 amide bonds. The Hall–Kier alpha value is -0.0400. The van der Waals surface area contributed by atoms with E-state index in [1.54, 1.807) is 0 Å². The zero-order valence-corrected chi connectivity index (χ0v) is 6.28. The SMILES string of the molecule is CC(C)CC[C@H](C)[NH3+]. The van der Waals surface area contributed by atoms with Crippen molar-refractivity contribution in [2.24, 2.45) is 5.92 Å². The molecule has 0 bridgehead atoms. The first kappa shape index (κ1) is 7.96. The molecular formula is C7H18N+. The van der Waals surface area contributed by atoms with E-state index in [4.69, 9.17) is 0 Å². The van der Waals surface area contributed by atoms with Gasteiger partial charge in [-0.05, 0) is 25.7 Å². The van der Waals surface area contributed by atoms with Crippen LogP contribution in [0.15, 0.2) is 0 Å². The van der Waals surface area contributed by atoms with Crippen LogP contribution in [-0.4, -0.2) is 6.04 Å². The summed E-state index contributed by atoms with van der Waals surface area (Å²) in [6.07, 6.45) is 2.60. The summed E-state index contributed by atoms with van der Waals surface area (Å²) >= 11 is 0. The van der Waals surface area contributed by atoms with E-state index in [1.807, 2.05) is 0 Å². The van der Waals surface area contributed by atoms with Crippen LogP contribution in [0.4, 0.5) is 0 Å². The average Bonchev–Trinajstić information content (AvgIpc) is 1.61. The van der Waals surface area contributed by atoms with E-state index in [0.29, 0.717) is 6.04 Å². The van der Waals surface area contributed by atoms with Gasteiger partial charge in [0.1, 0.15) is 0 Å². The third kappa shape index (κ3) is 5.96. The predicted octanol–water partition coefficient (Wildman–Crippen LogP) is 1.05. The zero-order valence-electron chi connectivity index (χ0n) is 6.28. The lowest BCUT2D eigenvalue weighted by Crippen LogP contribution is -2.58. The number of hydrogen-bond donors (Lipinski definition) is 1. The molecule has 0 spiro atoms. The summed E-state index contributed by atoms with van der Waals surface area (Å²) in [5, 5.41) is 0. The van der Waals surface area contributed by atoms with Crippen LogP contribution < -0.4 is 5.73 Å². The van der Waals surface area contributed by atoms with Crippen molar-refractivity contribution in [3.05, 3.63) is 0 Å². The molecule has 50 valence electrons. The molecule has 0 saturated carbocycles. The highest BCUT2D eigenvalue weighted by Crippen LogP contribution is 2.03. The van der Waals surface area contributed by atoms with Crippen LogP contribution in [-0.2, 0) is 0 Å². The van der Waals surface area contributed by atoms with Crippen molar-refractivity contribution >= 4 is 0 Å². The van der Waals surface area contributed by atoms with Crippen LogP contribution in [0.3, 0.4) is 0 Å². The van der Waals surface area contributed by atoms with E-state index in [2.05, 4.69) is 26.5 Å². The maximum Gasteiger partial charge on any atom is 0.0815 e. The van der Waals surface area contributed by atoms with Gasteiger partial charge in [0.2, 0.25) is 0 Å². The number of hydrogen-bond acceptors (Lipinski definition) is 0. The van der Waals surface area contributed by atoms with Crippen LogP contribution in [0.25, 0.3) is 0 Å². The van der Waals surface area contributed by atoms with Crippen LogP contribution >= 0.6 is 0 Å². The summed E-state index contributed by atoms with van der Waals surface area (Å²) in [7, 11) is 0. The molecule has 8 heavy (non-hydrogen) atoms. The topological polar surface area (TPSA) is 27.6 Å². The van der Waals surface area contributed by atoms with Crippen molar-refractivity contribution in [1.82, 2.24) is 0 Å². The van der Waals surface area contributed by atoms with Gasteiger partial charge in [0, 0.05) is 0 Å². The molecule has 0 aliphatic heterocycles. The minimum Gasteiger partial charge on any atom is -0.355 e. The molecule has 0 aromatic carbocycles. The minimum atomic E-state index is 0.636. The number of rotatable bonds is 3. The van der Waals surface area contributed by atoms with E-state index in [9.17, 15) is 0 Å². The van der Waals surface area contributed by atoms with Crippen LogP contribution in [0.1, 0.15) is 33.6 Å². The first-order valence-electron chi connectivity index (χ1n) is 3.46. The highest BCUT2D eigenvalue weighted by molar-refractivity contribution is 4.48. The lowest BCUT2D eigenvalue weighted by atomic mass is 10.1. The third-order valence-corrected chi connectivity index (χ3v) is 1.24. The lowest BCUT2D eigenvalue weighted by Gasteiger charge is -2.03. The quantitative estimate of drug-likeness (QED) is 0.571. The Labute approximate surface area is 52.3 Å². The summed E-state index contributed by atoms with van der Waals surface area (Å²) in [6.45, 7) is 6.67. The van der Waals surface area contributed by atoms with Crippen molar-refractivity contribution in [3.8, 4) is 0 Å². The third-order valence-electron chi connectivity index (χ3n) is 1.24. The van der Waals surface area contributed by atoms with Crippen molar-refractivity contribution < 1.29 is 5.73 Å². The highest BCUT2D eigenvalue weighted by atomic mass is 14.6. The van der Waals surface area contributed by atoms with E-state index < -0.39 is 0 Å². The van der Waals surface area contributed by atoms with Crippen LogP contribution in [0.5, 0.6) is 0 Å². The van der Waals surface area contributed by atoms with Gasteiger partial charge in [0.05, 0.1) is 6.04 Å². The Morgan fingerprint density at radius 3 is 1.75 bits per heavy atom. The minimum absolute atomic E-state index is 0.636. The predicted molar refractivity (Wildman–Crippen MR) is 36.4 cm³/mol. The van der Waals surface area contributed by atoms with Gasteiger partial charge in [-0.2, -0.15) is 0 Å². The van der Waals surface area contributed by atoms with E-state index >= 15 is 0 Å². The molecule has 1 atom stereocenters. The summed E-state index contributed by atoms with van der Waals surface area (Å²) in [4.78, 5) is 0. The maximum atomic E-state index is 3.91. The van der Waals surface area contributed by atoms with Gasteiger partial charge in [0.25, 0.3) is 0 Å². The Morgan fingerprint density at radius 1 is 1.12 bits per heavy atom. The van der Waals surface area contributed by atoms with Crippen molar-refractivity contribution in [1.29, 1.82) is 0 Å². The molecule has 0 aliphatic rings. The summed E-state index contributed by atoms with van der Waals surface area (Å²) < 4.78 is 0. The summed E-state index contributed by atoms with van der Waals surface area (Å²) in [5.41, 5.74) is 3.91. The largest absolute Gasteiger partial charge is 0.355 e. The standard InChI is InChI=1S/C7H17N/c1-6(2)4-5-7(3)8/h6-7H,4-5,8H2,1-3H3/p+1/t7-/m0/s1. The monoisotopic (exact) mass is 116 g/mol. The normalized spacial score (nSPS) is 14.6. The molecule has 0 heterocycles. The first-order chi connectivity index (χ1) is 3.63. The molecule has 0 fully saturated rings. The van der Waals surface area contributed by atoms with E-state index in [1.165, 1.54) is 12.8 Å². The molecule has 1 nitrogen and oxygen atoms in total. The van der Waals surface area contributed by atoms with Crippen molar-refractivity contribution in [3.63, 3.8) is 0 Å². The smallest absolute Gasteiger partial charge is 0.0815 e. The molecule has 0 aliphatic carbocycles. The molecule has 0 rings (SSSR count). The Morgan fingerprint density at radius 2 is 1.62 bits per heavy atom. The molecule has 0 aromatic rings. The molecule has 0 saturated heterocycles. The first-order valence-corrected chi connectivity index (χ1v) is 3.46. The van der Waals surface area contributed by atoms with E-state index in [0.717, 1.165) is 5.92 Å². The lowest BCUT2D eigenvalue weighted by molar-refractivity contribution is -0.415. The van der Waals surface area contributed by atoms with Crippen LogP contribution in [0, 0.1) is 5.92 Å². The van der Waals surface area contributed by atoms with Crippen LogP contribution in [0.2, 0.25) is 0 Å². The van der Waals surface area contributed by atoms with Gasteiger partial charge in [-0.15, -0.1) is 0 Å².